The van der Waals surface area contributed by atoms with Gasteiger partial charge in [0.05, 0.1) is 6.54 Å². The van der Waals surface area contributed by atoms with E-state index in [1.165, 1.54) is 23.8 Å². The highest BCUT2D eigenvalue weighted by Gasteiger charge is 2.16. The number of hydrogen-bond acceptors (Lipinski definition) is 3. The van der Waals surface area contributed by atoms with E-state index in [4.69, 9.17) is 5.73 Å². The topological polar surface area (TPSA) is 58.4 Å². The normalized spacial score (nSPS) is 12.2. The van der Waals surface area contributed by atoms with Crippen LogP contribution in [0.4, 0.5) is 8.78 Å². The molecule has 1 amide bonds. The number of nitrogens with two attached hydrogens (primary N) is 1. The lowest BCUT2D eigenvalue weighted by molar-refractivity contribution is -0.122. The number of halogens is 2. The molecule has 6 heteroatoms. The van der Waals surface area contributed by atoms with Crippen LogP contribution in [-0.4, -0.2) is 43.0 Å². The van der Waals surface area contributed by atoms with Gasteiger partial charge in [0.1, 0.15) is 11.6 Å². The molecule has 0 aromatic heterocycles. The molecule has 1 atom stereocenters. The standard InChI is InChI=1S/C21H27F2N3O/c1-16(14-18-19(22)8-5-9-20(18)23)25-21(27)15-26(13-11-24)12-10-17-6-3-2-4-7-17/h2-9,16H,10-15,24H2,1H3,(H,25,27). The van der Waals surface area contributed by atoms with Crippen molar-refractivity contribution < 1.29 is 13.6 Å². The fraction of sp³-hybridized carbons (Fsp3) is 0.381. The van der Waals surface area contributed by atoms with Gasteiger partial charge in [0.25, 0.3) is 0 Å². The number of nitrogens with one attached hydrogen (secondary N) is 1. The Bertz CT molecular complexity index is 704. The van der Waals surface area contributed by atoms with Crippen molar-refractivity contribution >= 4 is 5.91 Å². The first kappa shape index (κ1) is 21.0. The van der Waals surface area contributed by atoms with Crippen molar-refractivity contribution in [3.8, 4) is 0 Å². The van der Waals surface area contributed by atoms with Gasteiger partial charge in [-0.3, -0.25) is 9.69 Å². The molecule has 0 saturated carbocycles. The molecule has 0 radical (unpaired) electrons. The lowest BCUT2D eigenvalue weighted by Gasteiger charge is -2.22. The Morgan fingerprint density at radius 1 is 1.07 bits per heavy atom. The maximum absolute atomic E-state index is 13.7. The minimum atomic E-state index is -0.594. The van der Waals surface area contributed by atoms with Crippen molar-refractivity contribution in [3.05, 3.63) is 71.3 Å². The van der Waals surface area contributed by atoms with E-state index < -0.39 is 11.6 Å². The average molecular weight is 375 g/mol. The molecule has 0 saturated heterocycles. The Kier molecular flexibility index (Phi) is 8.36. The highest BCUT2D eigenvalue weighted by Crippen LogP contribution is 2.14. The number of rotatable bonds is 10. The van der Waals surface area contributed by atoms with E-state index in [0.29, 0.717) is 19.6 Å². The molecule has 2 aromatic carbocycles. The molecule has 0 bridgehead atoms. The van der Waals surface area contributed by atoms with E-state index in [0.717, 1.165) is 6.42 Å². The summed E-state index contributed by atoms with van der Waals surface area (Å²) in [6, 6.07) is 13.4. The summed E-state index contributed by atoms with van der Waals surface area (Å²) in [5.41, 5.74) is 6.85. The van der Waals surface area contributed by atoms with Gasteiger partial charge in [-0.05, 0) is 37.5 Å². The summed E-state index contributed by atoms with van der Waals surface area (Å²) >= 11 is 0. The molecule has 0 heterocycles. The van der Waals surface area contributed by atoms with Gasteiger partial charge in [-0.15, -0.1) is 0 Å². The summed E-state index contributed by atoms with van der Waals surface area (Å²) in [5.74, 6) is -1.37. The van der Waals surface area contributed by atoms with Gasteiger partial charge in [0.15, 0.2) is 0 Å². The van der Waals surface area contributed by atoms with Crippen molar-refractivity contribution in [2.45, 2.75) is 25.8 Å². The lowest BCUT2D eigenvalue weighted by Crippen LogP contribution is -2.44. The van der Waals surface area contributed by atoms with Crippen molar-refractivity contribution in [3.63, 3.8) is 0 Å². The second kappa shape index (κ2) is 10.7. The van der Waals surface area contributed by atoms with E-state index in [-0.39, 0.29) is 30.5 Å². The number of amides is 1. The second-order valence-electron chi connectivity index (χ2n) is 6.67. The number of carbonyl (C=O) groups excluding carboxylic acids is 1. The Hall–Kier alpha value is -2.31. The van der Waals surface area contributed by atoms with Gasteiger partial charge in [0, 0.05) is 31.2 Å². The fourth-order valence-corrected chi connectivity index (χ4v) is 2.99. The van der Waals surface area contributed by atoms with Gasteiger partial charge < -0.3 is 11.1 Å². The zero-order valence-corrected chi connectivity index (χ0v) is 15.6. The predicted octanol–water partition coefficient (Wildman–Crippen LogP) is 2.52. The van der Waals surface area contributed by atoms with Crippen LogP contribution in [0.15, 0.2) is 48.5 Å². The third kappa shape index (κ3) is 7.07. The van der Waals surface area contributed by atoms with Crippen LogP contribution in [0.5, 0.6) is 0 Å². The number of carbonyl (C=O) groups is 1. The summed E-state index contributed by atoms with van der Waals surface area (Å²) in [4.78, 5) is 14.3. The summed E-state index contributed by atoms with van der Waals surface area (Å²) in [7, 11) is 0. The zero-order chi connectivity index (χ0) is 19.6. The van der Waals surface area contributed by atoms with Crippen LogP contribution < -0.4 is 11.1 Å². The molecular formula is C21H27F2N3O. The van der Waals surface area contributed by atoms with Crippen LogP contribution >= 0.6 is 0 Å². The third-order valence-corrected chi connectivity index (χ3v) is 4.35. The maximum atomic E-state index is 13.7. The highest BCUT2D eigenvalue weighted by molar-refractivity contribution is 5.78. The lowest BCUT2D eigenvalue weighted by atomic mass is 10.1. The molecule has 1 unspecified atom stereocenters. The average Bonchev–Trinajstić information content (AvgIpc) is 2.64. The maximum Gasteiger partial charge on any atom is 0.234 e. The summed E-state index contributed by atoms with van der Waals surface area (Å²) < 4.78 is 27.5. The summed E-state index contributed by atoms with van der Waals surface area (Å²) in [6.45, 7) is 3.72. The Morgan fingerprint density at radius 2 is 1.74 bits per heavy atom. The first-order chi connectivity index (χ1) is 13.0. The Labute approximate surface area is 159 Å². The Balaban J connectivity index is 1.85. The van der Waals surface area contributed by atoms with Crippen LogP contribution in [0.1, 0.15) is 18.1 Å². The molecule has 0 aliphatic carbocycles. The van der Waals surface area contributed by atoms with Crippen LogP contribution in [0.25, 0.3) is 0 Å². The van der Waals surface area contributed by atoms with Gasteiger partial charge >= 0.3 is 0 Å². The number of hydrogen-bond donors (Lipinski definition) is 2. The van der Waals surface area contributed by atoms with E-state index in [9.17, 15) is 13.6 Å². The van der Waals surface area contributed by atoms with E-state index in [1.807, 2.05) is 35.2 Å². The minimum Gasteiger partial charge on any atom is -0.352 e. The molecule has 27 heavy (non-hydrogen) atoms. The fourth-order valence-electron chi connectivity index (χ4n) is 2.99. The van der Waals surface area contributed by atoms with Gasteiger partial charge in [-0.25, -0.2) is 8.78 Å². The Morgan fingerprint density at radius 3 is 2.37 bits per heavy atom. The minimum absolute atomic E-state index is 0.00630. The van der Waals surface area contributed by atoms with Crippen molar-refractivity contribution in [1.29, 1.82) is 0 Å². The number of nitrogens with zero attached hydrogens (tertiary/aromatic N) is 1. The smallest absolute Gasteiger partial charge is 0.234 e. The van der Waals surface area contributed by atoms with E-state index >= 15 is 0 Å². The van der Waals surface area contributed by atoms with Crippen molar-refractivity contribution in [1.82, 2.24) is 10.2 Å². The molecule has 3 N–H and O–H groups in total. The monoisotopic (exact) mass is 375 g/mol. The van der Waals surface area contributed by atoms with Crippen molar-refractivity contribution in [2.24, 2.45) is 5.73 Å². The summed E-state index contributed by atoms with van der Waals surface area (Å²) in [5, 5.41) is 2.82. The molecule has 4 nitrogen and oxygen atoms in total. The first-order valence-electron chi connectivity index (χ1n) is 9.18. The predicted molar refractivity (Wildman–Crippen MR) is 103 cm³/mol. The second-order valence-corrected chi connectivity index (χ2v) is 6.67. The van der Waals surface area contributed by atoms with E-state index in [2.05, 4.69) is 5.32 Å². The van der Waals surface area contributed by atoms with Gasteiger partial charge in [-0.1, -0.05) is 36.4 Å². The molecule has 0 fully saturated rings. The number of benzene rings is 2. The first-order valence-corrected chi connectivity index (χ1v) is 9.18. The van der Waals surface area contributed by atoms with Crippen LogP contribution in [0.2, 0.25) is 0 Å². The molecular weight excluding hydrogens is 348 g/mol. The molecule has 0 aliphatic heterocycles. The molecule has 0 aliphatic rings. The van der Waals surface area contributed by atoms with Crippen molar-refractivity contribution in [2.75, 3.05) is 26.2 Å². The zero-order valence-electron chi connectivity index (χ0n) is 15.6. The molecule has 0 spiro atoms. The quantitative estimate of drug-likeness (QED) is 0.671. The summed E-state index contributed by atoms with van der Waals surface area (Å²) in [6.07, 6.45) is 0.926. The SMILES string of the molecule is CC(Cc1c(F)cccc1F)NC(=O)CN(CCN)CCc1ccccc1. The van der Waals surface area contributed by atoms with Gasteiger partial charge in [-0.2, -0.15) is 0 Å². The largest absolute Gasteiger partial charge is 0.352 e. The van der Waals surface area contributed by atoms with Crippen LogP contribution in [-0.2, 0) is 17.6 Å². The van der Waals surface area contributed by atoms with E-state index in [1.54, 1.807) is 6.92 Å². The van der Waals surface area contributed by atoms with Crippen LogP contribution in [0, 0.1) is 11.6 Å². The molecule has 2 aromatic rings. The third-order valence-electron chi connectivity index (χ3n) is 4.35. The van der Waals surface area contributed by atoms with Gasteiger partial charge in [0.2, 0.25) is 5.91 Å². The highest BCUT2D eigenvalue weighted by atomic mass is 19.1. The molecule has 146 valence electrons. The van der Waals surface area contributed by atoms with Crippen LogP contribution in [0.3, 0.4) is 0 Å². The molecule has 2 rings (SSSR count).